The molecule has 0 saturated carbocycles. The van der Waals surface area contributed by atoms with Gasteiger partial charge >= 0.3 is 12.3 Å². The summed E-state index contributed by atoms with van der Waals surface area (Å²) in [5.74, 6) is -1.00. The van der Waals surface area contributed by atoms with E-state index in [1.165, 1.54) is 17.2 Å². The molecule has 2 aromatic heterocycles. The summed E-state index contributed by atoms with van der Waals surface area (Å²) in [5, 5.41) is 0. The lowest BCUT2D eigenvalue weighted by Crippen LogP contribution is -2.46. The van der Waals surface area contributed by atoms with E-state index < -0.39 is 24.1 Å². The Kier molecular flexibility index (Phi) is 5.61. The molecule has 158 valence electrons. The third-order valence-corrected chi connectivity index (χ3v) is 5.22. The Morgan fingerprint density at radius 1 is 1.13 bits per heavy atom. The Morgan fingerprint density at radius 3 is 2.70 bits per heavy atom. The van der Waals surface area contributed by atoms with Crippen LogP contribution in [0.1, 0.15) is 30.7 Å². The van der Waals surface area contributed by atoms with E-state index in [9.17, 15) is 18.0 Å². The zero-order valence-corrected chi connectivity index (χ0v) is 16.2. The van der Waals surface area contributed by atoms with Crippen molar-refractivity contribution in [3.05, 3.63) is 60.0 Å². The number of rotatable bonds is 4. The van der Waals surface area contributed by atoms with Gasteiger partial charge in [-0.1, -0.05) is 30.3 Å². The number of benzene rings is 1. The van der Waals surface area contributed by atoms with Gasteiger partial charge in [-0.25, -0.2) is 14.8 Å². The highest BCUT2D eigenvalue weighted by Crippen LogP contribution is 2.32. The van der Waals surface area contributed by atoms with Gasteiger partial charge in [0.05, 0.1) is 6.04 Å². The highest BCUT2D eigenvalue weighted by molar-refractivity contribution is 5.71. The molecule has 3 heterocycles. The molecule has 1 amide bonds. The van der Waals surface area contributed by atoms with Crippen molar-refractivity contribution in [3.63, 3.8) is 0 Å². The molecule has 1 aliphatic heterocycles. The van der Waals surface area contributed by atoms with E-state index in [1.807, 2.05) is 30.3 Å². The van der Waals surface area contributed by atoms with Crippen LogP contribution in [0.15, 0.2) is 48.7 Å². The monoisotopic (exact) mass is 418 g/mol. The number of carbonyl (C=O) groups is 1. The van der Waals surface area contributed by atoms with Gasteiger partial charge in [-0.15, -0.1) is 0 Å². The Hall–Kier alpha value is -3.10. The first-order chi connectivity index (χ1) is 14.4. The predicted molar refractivity (Wildman–Crippen MR) is 104 cm³/mol. The normalized spacial score (nSPS) is 17.3. The highest BCUT2D eigenvalue weighted by Gasteiger charge is 2.39. The number of piperidine rings is 1. The van der Waals surface area contributed by atoms with E-state index >= 15 is 0 Å². The molecule has 0 spiro atoms. The van der Waals surface area contributed by atoms with Crippen LogP contribution in [0.4, 0.5) is 18.0 Å². The first-order valence-electron chi connectivity index (χ1n) is 9.79. The number of fused-ring (bicyclic) bond motifs is 1. The van der Waals surface area contributed by atoms with Crippen LogP contribution < -0.4 is 0 Å². The standard InChI is InChI=1S/C21H21F3N4O2/c22-21(23,24)19-26-17-10-6-11-25-18(17)28(19)13-16-9-4-5-12-27(16)20(29)30-14-15-7-2-1-3-8-15/h1-3,6-8,10-11,16H,4-5,9,12-14H2. The second-order valence-corrected chi connectivity index (χ2v) is 7.27. The lowest BCUT2D eigenvalue weighted by molar-refractivity contribution is -0.147. The van der Waals surface area contributed by atoms with Crippen molar-refractivity contribution >= 4 is 17.3 Å². The zero-order valence-electron chi connectivity index (χ0n) is 16.2. The fourth-order valence-electron chi connectivity index (χ4n) is 3.79. The number of carbonyl (C=O) groups excluding carboxylic acids is 1. The van der Waals surface area contributed by atoms with Gasteiger partial charge < -0.3 is 14.2 Å². The minimum Gasteiger partial charge on any atom is -0.445 e. The molecule has 3 aromatic rings. The molecule has 0 N–H and O–H groups in total. The Balaban J connectivity index is 1.56. The Morgan fingerprint density at radius 2 is 1.93 bits per heavy atom. The molecule has 1 atom stereocenters. The van der Waals surface area contributed by atoms with Gasteiger partial charge in [0.1, 0.15) is 12.1 Å². The summed E-state index contributed by atoms with van der Waals surface area (Å²) >= 11 is 0. The number of hydrogen-bond acceptors (Lipinski definition) is 4. The van der Waals surface area contributed by atoms with Crippen molar-refractivity contribution < 1.29 is 22.7 Å². The number of amides is 1. The number of hydrogen-bond donors (Lipinski definition) is 0. The van der Waals surface area contributed by atoms with Crippen molar-refractivity contribution in [1.29, 1.82) is 0 Å². The third kappa shape index (κ3) is 4.24. The summed E-state index contributed by atoms with van der Waals surface area (Å²) < 4.78 is 47.3. The quantitative estimate of drug-likeness (QED) is 0.619. The number of ether oxygens (including phenoxy) is 1. The molecule has 6 nitrogen and oxygen atoms in total. The van der Waals surface area contributed by atoms with Crippen LogP contribution in [0.5, 0.6) is 0 Å². The van der Waals surface area contributed by atoms with E-state index in [-0.39, 0.29) is 24.3 Å². The van der Waals surface area contributed by atoms with E-state index in [1.54, 1.807) is 6.07 Å². The fourth-order valence-corrected chi connectivity index (χ4v) is 3.79. The number of imidazole rings is 1. The van der Waals surface area contributed by atoms with Crippen LogP contribution in [0.2, 0.25) is 0 Å². The van der Waals surface area contributed by atoms with Crippen molar-refractivity contribution in [2.45, 2.75) is 44.6 Å². The smallest absolute Gasteiger partial charge is 0.445 e. The van der Waals surface area contributed by atoms with Gasteiger partial charge in [0, 0.05) is 19.3 Å². The highest BCUT2D eigenvalue weighted by atomic mass is 19.4. The topological polar surface area (TPSA) is 60.2 Å². The number of nitrogens with zero attached hydrogens (tertiary/aromatic N) is 4. The molecule has 30 heavy (non-hydrogen) atoms. The van der Waals surface area contributed by atoms with Crippen LogP contribution in [0.25, 0.3) is 11.2 Å². The molecule has 1 fully saturated rings. The lowest BCUT2D eigenvalue weighted by Gasteiger charge is -2.35. The first kappa shape index (κ1) is 20.2. The summed E-state index contributed by atoms with van der Waals surface area (Å²) in [7, 11) is 0. The fraction of sp³-hybridized carbons (Fsp3) is 0.381. The summed E-state index contributed by atoms with van der Waals surface area (Å²) in [6.45, 7) is 0.523. The SMILES string of the molecule is O=C(OCc1ccccc1)N1CCCCC1Cn1c(C(F)(F)F)nc2cccnc21. The van der Waals surface area contributed by atoms with Crippen molar-refractivity contribution in [2.75, 3.05) is 6.54 Å². The molecule has 0 radical (unpaired) electrons. The van der Waals surface area contributed by atoms with Crippen LogP contribution in [-0.2, 0) is 24.1 Å². The second kappa shape index (κ2) is 8.33. The largest absolute Gasteiger partial charge is 0.449 e. The molecule has 1 unspecified atom stereocenters. The average molecular weight is 418 g/mol. The molecule has 1 aromatic carbocycles. The molecule has 9 heteroatoms. The number of alkyl halides is 3. The molecular weight excluding hydrogens is 397 g/mol. The number of pyridine rings is 1. The molecule has 0 aliphatic carbocycles. The van der Waals surface area contributed by atoms with Gasteiger partial charge in [-0.2, -0.15) is 13.2 Å². The van der Waals surface area contributed by atoms with Crippen LogP contribution >= 0.6 is 0 Å². The maximum absolute atomic E-state index is 13.6. The molecule has 4 rings (SSSR count). The zero-order chi connectivity index (χ0) is 21.1. The minimum atomic E-state index is -4.62. The minimum absolute atomic E-state index is 0.0389. The maximum atomic E-state index is 13.6. The number of aromatic nitrogens is 3. The van der Waals surface area contributed by atoms with Gasteiger partial charge in [0.25, 0.3) is 0 Å². The Labute approximate surface area is 171 Å². The summed E-state index contributed by atoms with van der Waals surface area (Å²) in [4.78, 5) is 22.1. The molecule has 1 aliphatic rings. The first-order valence-corrected chi connectivity index (χ1v) is 9.79. The van der Waals surface area contributed by atoms with E-state index in [0.717, 1.165) is 23.0 Å². The molecule has 1 saturated heterocycles. The second-order valence-electron chi connectivity index (χ2n) is 7.27. The van der Waals surface area contributed by atoms with Crippen LogP contribution in [0.3, 0.4) is 0 Å². The third-order valence-electron chi connectivity index (χ3n) is 5.22. The summed E-state index contributed by atoms with van der Waals surface area (Å²) in [6.07, 6.45) is -1.50. The molecule has 0 bridgehead atoms. The van der Waals surface area contributed by atoms with E-state index in [4.69, 9.17) is 4.74 Å². The Bertz CT molecular complexity index is 1020. The van der Waals surface area contributed by atoms with Crippen molar-refractivity contribution in [1.82, 2.24) is 19.4 Å². The van der Waals surface area contributed by atoms with Gasteiger partial charge in [0.2, 0.25) is 5.82 Å². The van der Waals surface area contributed by atoms with Gasteiger partial charge in [0.15, 0.2) is 5.65 Å². The van der Waals surface area contributed by atoms with Crippen molar-refractivity contribution in [2.24, 2.45) is 0 Å². The van der Waals surface area contributed by atoms with Crippen LogP contribution in [0, 0.1) is 0 Å². The van der Waals surface area contributed by atoms with Crippen LogP contribution in [-0.4, -0.2) is 38.1 Å². The molecular formula is C21H21F3N4O2. The number of halogens is 3. The predicted octanol–water partition coefficient (Wildman–Crippen LogP) is 4.64. The van der Waals surface area contributed by atoms with E-state index in [0.29, 0.717) is 13.0 Å². The van der Waals surface area contributed by atoms with Crippen molar-refractivity contribution in [3.8, 4) is 0 Å². The van der Waals surface area contributed by atoms with E-state index in [2.05, 4.69) is 9.97 Å². The van der Waals surface area contributed by atoms with Gasteiger partial charge in [-0.05, 0) is 37.0 Å². The lowest BCUT2D eigenvalue weighted by atomic mass is 10.0. The average Bonchev–Trinajstić information content (AvgIpc) is 3.12. The summed E-state index contributed by atoms with van der Waals surface area (Å²) in [5.41, 5.74) is 1.19. The summed E-state index contributed by atoms with van der Waals surface area (Å²) in [6, 6.07) is 11.9. The number of likely N-dealkylation sites (tertiary alicyclic amines) is 1. The van der Waals surface area contributed by atoms with Gasteiger partial charge in [-0.3, -0.25) is 0 Å². The maximum Gasteiger partial charge on any atom is 0.449 e.